The molecule has 0 N–H and O–H groups in total. The van der Waals surface area contributed by atoms with E-state index in [1.165, 1.54) is 56.9 Å². The van der Waals surface area contributed by atoms with Gasteiger partial charge in [0.15, 0.2) is 0 Å². The number of aryl methyl sites for hydroxylation is 2. The first-order valence-corrected chi connectivity index (χ1v) is 13.1. The molecule has 0 nitrogen and oxygen atoms in total. The van der Waals surface area contributed by atoms with Gasteiger partial charge in [-0.1, -0.05) is 26.0 Å². The minimum absolute atomic E-state index is 1.35. The summed E-state index contributed by atoms with van der Waals surface area (Å²) in [5.74, 6) is 0. The number of hydrogen-bond acceptors (Lipinski definition) is 0. The Kier molecular flexibility index (Phi) is 13.9. The molecule has 0 heterocycles. The van der Waals surface area contributed by atoms with E-state index >= 15 is 0 Å². The molecule has 0 bridgehead atoms. The van der Waals surface area contributed by atoms with Crippen molar-refractivity contribution in [2.75, 3.05) is 0 Å². The molecule has 0 spiro atoms. The van der Waals surface area contributed by atoms with Crippen LogP contribution in [0.3, 0.4) is 0 Å². The van der Waals surface area contributed by atoms with E-state index in [4.69, 9.17) is 0 Å². The van der Waals surface area contributed by atoms with Gasteiger partial charge in [-0.15, -0.1) is 81.2 Å². The van der Waals surface area contributed by atoms with Crippen LogP contribution in [0.1, 0.15) is 18.1 Å². The maximum atomic E-state index is 2.89. The van der Waals surface area contributed by atoms with Crippen LogP contribution in [0.15, 0.2) is 133 Å². The molecule has 6 aromatic rings. The fraction of sp³-hybridized carbons (Fsp3) is 0.0882. The van der Waals surface area contributed by atoms with Crippen LogP contribution in [0.4, 0.5) is 0 Å². The standard InChI is InChI=1S/2C10H9.2C6H5.C2H4.Zr/c2*1-8-6-9-4-2-3-5-10(9)7-8;2*1-2-4-6-5-3-1;1-2;/h2*2-7H,1H3;2*1-5H;1H,2H3;/q4*-1;;. The van der Waals surface area contributed by atoms with Crippen LogP contribution in [0.5, 0.6) is 0 Å². The van der Waals surface area contributed by atoms with Crippen LogP contribution in [-0.4, -0.2) is 3.71 Å². The molecule has 0 unspecified atom stereocenters. The molecule has 176 valence electrons. The smallest absolute Gasteiger partial charge is 0.0579 e. The molecular formula is C34H32Zr-4. The van der Waals surface area contributed by atoms with Gasteiger partial charge in [-0.05, 0) is 0 Å². The van der Waals surface area contributed by atoms with Crippen molar-refractivity contribution in [1.82, 2.24) is 0 Å². The van der Waals surface area contributed by atoms with E-state index in [0.717, 1.165) is 0 Å². The summed E-state index contributed by atoms with van der Waals surface area (Å²) in [6.07, 6.45) is 0. The van der Waals surface area contributed by atoms with Gasteiger partial charge in [0.2, 0.25) is 0 Å². The largest absolute Gasteiger partial charge is 0.184 e. The van der Waals surface area contributed by atoms with Gasteiger partial charge in [0.25, 0.3) is 0 Å². The van der Waals surface area contributed by atoms with Gasteiger partial charge < -0.3 is 0 Å². The third kappa shape index (κ3) is 11.7. The Morgan fingerprint density at radius 2 is 0.914 bits per heavy atom. The molecule has 0 aliphatic heterocycles. The Hall–Kier alpha value is -3.15. The van der Waals surface area contributed by atoms with E-state index in [2.05, 4.69) is 102 Å². The fourth-order valence-electron chi connectivity index (χ4n) is 3.30. The van der Waals surface area contributed by atoms with Crippen LogP contribution < -0.4 is 0 Å². The zero-order valence-corrected chi connectivity index (χ0v) is 23.2. The summed E-state index contributed by atoms with van der Waals surface area (Å²) < 4.78 is 2.09. The van der Waals surface area contributed by atoms with Crippen molar-refractivity contribution in [1.29, 1.82) is 0 Å². The second-order valence-corrected chi connectivity index (χ2v) is 9.19. The van der Waals surface area contributed by atoms with Crippen LogP contribution in [0.25, 0.3) is 21.5 Å². The van der Waals surface area contributed by atoms with Crippen molar-refractivity contribution < 1.29 is 24.2 Å². The molecule has 0 aliphatic rings. The number of benzene rings is 4. The first kappa shape index (κ1) is 28.1. The van der Waals surface area contributed by atoms with E-state index in [-0.39, 0.29) is 0 Å². The Morgan fingerprint density at radius 3 is 1.17 bits per heavy atom. The van der Waals surface area contributed by atoms with Crippen molar-refractivity contribution >= 4 is 25.3 Å². The molecule has 1 heteroatoms. The fourth-order valence-corrected chi connectivity index (χ4v) is 3.30. The van der Waals surface area contributed by atoms with E-state index in [1.54, 1.807) is 0 Å². The second kappa shape index (κ2) is 17.3. The molecule has 0 aliphatic carbocycles. The Bertz CT molecular complexity index is 1100. The molecule has 35 heavy (non-hydrogen) atoms. The molecule has 6 aromatic carbocycles. The predicted octanol–water partition coefficient (Wildman–Crippen LogP) is 9.06. The van der Waals surface area contributed by atoms with E-state index in [1.807, 2.05) is 67.6 Å². The Labute approximate surface area is 225 Å². The van der Waals surface area contributed by atoms with Crippen molar-refractivity contribution in [3.63, 3.8) is 0 Å². The van der Waals surface area contributed by atoms with Crippen LogP contribution >= 0.6 is 0 Å². The first-order chi connectivity index (χ1) is 17.1. The van der Waals surface area contributed by atoms with Crippen LogP contribution in [0.2, 0.25) is 0 Å². The molecule has 0 radical (unpaired) electrons. The summed E-state index contributed by atoms with van der Waals surface area (Å²) in [6.45, 7) is 6.29. The Balaban J connectivity index is 0.000000163. The van der Waals surface area contributed by atoms with Crippen molar-refractivity contribution in [3.05, 3.63) is 157 Å². The Morgan fingerprint density at radius 1 is 0.571 bits per heavy atom. The van der Waals surface area contributed by atoms with E-state index in [9.17, 15) is 0 Å². The summed E-state index contributed by atoms with van der Waals surface area (Å²) in [4.78, 5) is 0. The normalized spacial score (nSPS) is 9.09. The zero-order chi connectivity index (χ0) is 25.1. The maximum absolute atomic E-state index is 2.89. The van der Waals surface area contributed by atoms with E-state index in [0.29, 0.717) is 0 Å². The number of fused-ring (bicyclic) bond motifs is 2. The summed E-state index contributed by atoms with van der Waals surface area (Å²) >= 11 is 1.51. The molecule has 0 fully saturated rings. The quantitative estimate of drug-likeness (QED) is 0.172. The monoisotopic (exact) mass is 530 g/mol. The van der Waals surface area contributed by atoms with Crippen molar-refractivity contribution in [3.8, 4) is 0 Å². The third-order valence-electron chi connectivity index (χ3n) is 4.74. The minimum atomic E-state index is 1.35. The predicted molar refractivity (Wildman–Crippen MR) is 151 cm³/mol. The summed E-state index contributed by atoms with van der Waals surface area (Å²) in [6, 6.07) is 50.7. The van der Waals surface area contributed by atoms with Crippen molar-refractivity contribution in [2.24, 2.45) is 0 Å². The molecule has 0 saturated carbocycles. The third-order valence-corrected chi connectivity index (χ3v) is 4.74. The zero-order valence-electron chi connectivity index (χ0n) is 20.8. The average molecular weight is 532 g/mol. The first-order valence-electron chi connectivity index (χ1n) is 11.7. The SMILES string of the molecule is C[CH]=[Zr].Cc1cc2ccccc2[cH-]1.Cc1cc2ccccc2[cH-]1.[c-]1ccccc1.[c-]1ccccc1. The molecule has 0 aromatic heterocycles. The van der Waals surface area contributed by atoms with Gasteiger partial charge in [-0.25, -0.2) is 0 Å². The minimum Gasteiger partial charge on any atom is -0.184 e. The topological polar surface area (TPSA) is 0 Å². The van der Waals surface area contributed by atoms with E-state index < -0.39 is 0 Å². The molecule has 6 rings (SSSR count). The average Bonchev–Trinajstić information content (AvgIpc) is 3.48. The van der Waals surface area contributed by atoms with Crippen molar-refractivity contribution in [2.45, 2.75) is 20.8 Å². The molecule has 0 atom stereocenters. The molecule has 0 amide bonds. The maximum Gasteiger partial charge on any atom is -0.0579 e. The summed E-state index contributed by atoms with van der Waals surface area (Å²) in [5, 5.41) is 5.39. The van der Waals surface area contributed by atoms with Crippen LogP contribution in [0, 0.1) is 26.0 Å². The second-order valence-electron chi connectivity index (χ2n) is 7.77. The van der Waals surface area contributed by atoms with Crippen LogP contribution in [-0.2, 0) is 24.2 Å². The van der Waals surface area contributed by atoms with Gasteiger partial charge in [-0.2, -0.15) is 84.9 Å². The van der Waals surface area contributed by atoms with Gasteiger partial charge >= 0.3 is 34.9 Å². The summed E-state index contributed by atoms with van der Waals surface area (Å²) in [7, 11) is 0. The molecule has 0 saturated heterocycles. The number of rotatable bonds is 0. The van der Waals surface area contributed by atoms with Gasteiger partial charge in [0.05, 0.1) is 0 Å². The van der Waals surface area contributed by atoms with Gasteiger partial charge in [-0.3, -0.25) is 0 Å². The molecular weight excluding hydrogens is 500 g/mol. The van der Waals surface area contributed by atoms with Gasteiger partial charge in [0, 0.05) is 0 Å². The number of hydrogen-bond donors (Lipinski definition) is 0. The summed E-state index contributed by atoms with van der Waals surface area (Å²) in [5.41, 5.74) is 2.70. The van der Waals surface area contributed by atoms with Gasteiger partial charge in [0.1, 0.15) is 0 Å².